The zero-order valence-electron chi connectivity index (χ0n) is 15.1. The molecule has 0 aliphatic heterocycles. The first-order valence-corrected chi connectivity index (χ1v) is 9.61. The molecule has 0 heterocycles. The lowest BCUT2D eigenvalue weighted by Crippen LogP contribution is -1.99. The van der Waals surface area contributed by atoms with Crippen LogP contribution < -0.4 is 4.74 Å². The molecule has 0 aliphatic carbocycles. The predicted octanol–water partition coefficient (Wildman–Crippen LogP) is 5.65. The van der Waals surface area contributed by atoms with Gasteiger partial charge in [0.25, 0.3) is 0 Å². The summed E-state index contributed by atoms with van der Waals surface area (Å²) >= 11 is 5.70. The van der Waals surface area contributed by atoms with Crippen LogP contribution in [0, 0.1) is 0 Å². The summed E-state index contributed by atoms with van der Waals surface area (Å²) in [5.74, 6) is 1.27. The van der Waals surface area contributed by atoms with E-state index in [1.165, 1.54) is 0 Å². The number of benzene rings is 3. The van der Waals surface area contributed by atoms with E-state index in [0.29, 0.717) is 18.9 Å². The highest BCUT2D eigenvalue weighted by atomic mass is 35.5. The first kappa shape index (κ1) is 19.2. The van der Waals surface area contributed by atoms with Gasteiger partial charge in [-0.15, -0.1) is 11.6 Å². The number of hydrogen-bond donors (Lipinski definition) is 1. The first-order valence-electron chi connectivity index (χ1n) is 9.07. The molecule has 0 bridgehead atoms. The van der Waals surface area contributed by atoms with Gasteiger partial charge in [-0.25, -0.2) is 0 Å². The van der Waals surface area contributed by atoms with Crippen molar-refractivity contribution in [2.24, 2.45) is 0 Å². The van der Waals surface area contributed by atoms with Gasteiger partial charge in [0.05, 0.1) is 5.88 Å². The van der Waals surface area contributed by atoms with Gasteiger partial charge in [0.15, 0.2) is 0 Å². The van der Waals surface area contributed by atoms with E-state index in [0.717, 1.165) is 33.6 Å². The molecule has 0 radical (unpaired) electrons. The van der Waals surface area contributed by atoms with Gasteiger partial charge in [-0.2, -0.15) is 0 Å². The number of halogens is 1. The molecule has 0 spiro atoms. The molecular weight excluding hydrogens is 356 g/mol. The fraction of sp³-hybridized carbons (Fsp3) is 0.167. The number of hydrogen-bond acceptors (Lipinski definition) is 2. The smallest absolute Gasteiger partial charge is 0.119 e. The Kier molecular flexibility index (Phi) is 7.09. The van der Waals surface area contributed by atoms with E-state index in [-0.39, 0.29) is 6.61 Å². The summed E-state index contributed by atoms with van der Waals surface area (Å²) in [4.78, 5) is 0. The molecule has 3 aromatic carbocycles. The molecule has 3 aromatic rings. The van der Waals surface area contributed by atoms with E-state index >= 15 is 0 Å². The van der Waals surface area contributed by atoms with Gasteiger partial charge in [-0.1, -0.05) is 72.8 Å². The Bertz CT molecular complexity index is 856. The van der Waals surface area contributed by atoms with Crippen molar-refractivity contribution in [2.45, 2.75) is 6.42 Å². The van der Waals surface area contributed by atoms with Crippen LogP contribution in [0.15, 0.2) is 84.9 Å². The Labute approximate surface area is 165 Å². The molecule has 0 saturated carbocycles. The highest BCUT2D eigenvalue weighted by Gasteiger charge is 2.14. The second-order valence-electron chi connectivity index (χ2n) is 6.12. The fourth-order valence-corrected chi connectivity index (χ4v) is 3.24. The monoisotopic (exact) mass is 378 g/mol. The largest absolute Gasteiger partial charge is 0.492 e. The van der Waals surface area contributed by atoms with Crippen molar-refractivity contribution < 1.29 is 9.84 Å². The van der Waals surface area contributed by atoms with Gasteiger partial charge >= 0.3 is 0 Å². The van der Waals surface area contributed by atoms with Crippen LogP contribution in [0.25, 0.3) is 11.1 Å². The zero-order chi connectivity index (χ0) is 18.9. The number of ether oxygens (including phenoxy) is 1. The standard InChI is InChI=1S/C24H23ClO2/c25-16-18-27-22-13-11-21(12-14-22)24(20-9-5-2-6-10-20)23(15-17-26)19-7-3-1-4-8-19/h1-14,26H,15-18H2/b24-23-. The maximum atomic E-state index is 9.72. The minimum absolute atomic E-state index is 0.0947. The van der Waals surface area contributed by atoms with Crippen LogP contribution >= 0.6 is 11.6 Å². The number of alkyl halides is 1. The molecular formula is C24H23ClO2. The lowest BCUT2D eigenvalue weighted by atomic mass is 9.88. The number of rotatable bonds is 8. The van der Waals surface area contributed by atoms with Crippen molar-refractivity contribution in [3.8, 4) is 5.75 Å². The highest BCUT2D eigenvalue weighted by Crippen LogP contribution is 2.34. The maximum absolute atomic E-state index is 9.72. The van der Waals surface area contributed by atoms with Crippen molar-refractivity contribution >= 4 is 22.7 Å². The van der Waals surface area contributed by atoms with E-state index in [9.17, 15) is 5.11 Å². The Morgan fingerprint density at radius 3 is 1.85 bits per heavy atom. The molecule has 0 unspecified atom stereocenters. The van der Waals surface area contributed by atoms with Crippen LogP contribution in [-0.4, -0.2) is 24.2 Å². The van der Waals surface area contributed by atoms with E-state index in [1.54, 1.807) is 0 Å². The van der Waals surface area contributed by atoms with Crippen molar-refractivity contribution in [1.82, 2.24) is 0 Å². The third-order valence-electron chi connectivity index (χ3n) is 4.34. The molecule has 0 atom stereocenters. The molecule has 3 heteroatoms. The Morgan fingerprint density at radius 1 is 0.741 bits per heavy atom. The Hall–Kier alpha value is -2.55. The van der Waals surface area contributed by atoms with E-state index < -0.39 is 0 Å². The Balaban J connectivity index is 2.13. The van der Waals surface area contributed by atoms with Gasteiger partial charge in [0, 0.05) is 6.61 Å². The number of aliphatic hydroxyl groups is 1. The molecule has 1 N–H and O–H groups in total. The lowest BCUT2D eigenvalue weighted by molar-refractivity contribution is 0.305. The van der Waals surface area contributed by atoms with Crippen molar-refractivity contribution in [3.05, 3.63) is 102 Å². The van der Waals surface area contributed by atoms with Crippen LogP contribution in [0.4, 0.5) is 0 Å². The Morgan fingerprint density at radius 2 is 1.30 bits per heavy atom. The second-order valence-corrected chi connectivity index (χ2v) is 6.50. The summed E-state index contributed by atoms with van der Waals surface area (Å²) in [6, 6.07) is 28.6. The first-order chi connectivity index (χ1) is 13.3. The van der Waals surface area contributed by atoms with Crippen molar-refractivity contribution in [2.75, 3.05) is 19.1 Å². The zero-order valence-corrected chi connectivity index (χ0v) is 15.9. The highest BCUT2D eigenvalue weighted by molar-refractivity contribution is 6.18. The predicted molar refractivity (Wildman–Crippen MR) is 113 cm³/mol. The summed E-state index contributed by atoms with van der Waals surface area (Å²) in [6.07, 6.45) is 0.582. The molecule has 2 nitrogen and oxygen atoms in total. The molecule has 0 fully saturated rings. The normalized spacial score (nSPS) is 11.8. The third-order valence-corrected chi connectivity index (χ3v) is 4.49. The van der Waals surface area contributed by atoms with Crippen LogP contribution in [0.3, 0.4) is 0 Å². The van der Waals surface area contributed by atoms with Crippen LogP contribution in [0.5, 0.6) is 5.75 Å². The van der Waals surface area contributed by atoms with Crippen LogP contribution in [0.2, 0.25) is 0 Å². The molecule has 138 valence electrons. The third kappa shape index (κ3) is 5.00. The van der Waals surface area contributed by atoms with Crippen LogP contribution in [-0.2, 0) is 0 Å². The van der Waals surface area contributed by atoms with Crippen molar-refractivity contribution in [1.29, 1.82) is 0 Å². The summed E-state index contributed by atoms with van der Waals surface area (Å²) in [5, 5.41) is 9.72. The summed E-state index contributed by atoms with van der Waals surface area (Å²) in [5.41, 5.74) is 5.58. The summed E-state index contributed by atoms with van der Waals surface area (Å²) in [7, 11) is 0. The average Bonchev–Trinajstić information content (AvgIpc) is 2.74. The van der Waals surface area contributed by atoms with Crippen molar-refractivity contribution in [3.63, 3.8) is 0 Å². The summed E-state index contributed by atoms with van der Waals surface area (Å²) in [6.45, 7) is 0.583. The average molecular weight is 379 g/mol. The lowest BCUT2D eigenvalue weighted by Gasteiger charge is -2.17. The quantitative estimate of drug-likeness (QED) is 0.405. The molecule has 27 heavy (non-hydrogen) atoms. The van der Waals surface area contributed by atoms with Crippen LogP contribution in [0.1, 0.15) is 23.1 Å². The van der Waals surface area contributed by atoms with E-state index in [1.807, 2.05) is 48.5 Å². The van der Waals surface area contributed by atoms with Gasteiger partial charge in [0.1, 0.15) is 12.4 Å². The second kappa shape index (κ2) is 9.96. The molecule has 0 saturated heterocycles. The fourth-order valence-electron chi connectivity index (χ4n) is 3.16. The van der Waals surface area contributed by atoms with Gasteiger partial charge in [0.2, 0.25) is 0 Å². The van der Waals surface area contributed by atoms with Gasteiger partial charge in [-0.05, 0) is 46.4 Å². The molecule has 0 aromatic heterocycles. The molecule has 3 rings (SSSR count). The SMILES string of the molecule is OCC/C(=C(\c1ccccc1)c1ccc(OCCCl)cc1)c1ccccc1. The van der Waals surface area contributed by atoms with E-state index in [2.05, 4.69) is 36.4 Å². The minimum Gasteiger partial charge on any atom is -0.492 e. The topological polar surface area (TPSA) is 29.5 Å². The molecule has 0 aliphatic rings. The maximum Gasteiger partial charge on any atom is 0.119 e. The van der Waals surface area contributed by atoms with Gasteiger partial charge in [-0.3, -0.25) is 0 Å². The van der Waals surface area contributed by atoms with E-state index in [4.69, 9.17) is 16.3 Å². The minimum atomic E-state index is 0.0947. The molecule has 0 amide bonds. The van der Waals surface area contributed by atoms with Gasteiger partial charge < -0.3 is 9.84 Å². The summed E-state index contributed by atoms with van der Waals surface area (Å²) < 4.78 is 5.60. The number of aliphatic hydroxyl groups excluding tert-OH is 1.